The van der Waals surface area contributed by atoms with Crippen LogP contribution in [0.15, 0.2) is 4.47 Å². The molecule has 0 amide bonds. The molecule has 7 heteroatoms. The van der Waals surface area contributed by atoms with Gasteiger partial charge in [-0.15, -0.1) is 0 Å². The number of hydrogen-bond donors (Lipinski definition) is 2. The van der Waals surface area contributed by atoms with Gasteiger partial charge in [-0.2, -0.15) is 5.10 Å². The first kappa shape index (κ1) is 14.5. The van der Waals surface area contributed by atoms with Crippen LogP contribution in [0.25, 0.3) is 0 Å². The van der Waals surface area contributed by atoms with Crippen molar-refractivity contribution in [3.63, 3.8) is 0 Å². The Balaban J connectivity index is 2.21. The second-order valence-corrected chi connectivity index (χ2v) is 5.65. The zero-order valence-corrected chi connectivity index (χ0v) is 12.6. The SMILES string of the molecule is CCc1nn(C)c(CN2CC(O)CC2C(=O)O)c1Br. The number of aliphatic hydroxyl groups excluding tert-OH is 1. The maximum atomic E-state index is 11.2. The van der Waals surface area contributed by atoms with Gasteiger partial charge in [-0.3, -0.25) is 14.4 Å². The molecule has 1 fully saturated rings. The number of nitrogens with zero attached hydrogens (tertiary/aromatic N) is 3. The molecule has 1 aromatic heterocycles. The van der Waals surface area contributed by atoms with Crippen LogP contribution in [0, 0.1) is 0 Å². The molecule has 0 aromatic carbocycles. The van der Waals surface area contributed by atoms with E-state index >= 15 is 0 Å². The molecule has 106 valence electrons. The average molecular weight is 332 g/mol. The lowest BCUT2D eigenvalue weighted by Crippen LogP contribution is -2.36. The summed E-state index contributed by atoms with van der Waals surface area (Å²) in [4.78, 5) is 13.0. The Morgan fingerprint density at radius 2 is 2.26 bits per heavy atom. The van der Waals surface area contributed by atoms with Crippen molar-refractivity contribution >= 4 is 21.9 Å². The molecule has 1 aliphatic rings. The number of carboxylic acid groups (broad SMARTS) is 1. The van der Waals surface area contributed by atoms with Crippen molar-refractivity contribution in [3.8, 4) is 0 Å². The topological polar surface area (TPSA) is 78.6 Å². The van der Waals surface area contributed by atoms with Gasteiger partial charge in [0, 0.05) is 26.6 Å². The Morgan fingerprint density at radius 3 is 2.79 bits per heavy atom. The molecule has 2 unspecified atom stereocenters. The number of aliphatic hydroxyl groups is 1. The number of aliphatic carboxylic acids is 1. The smallest absolute Gasteiger partial charge is 0.321 e. The molecule has 0 spiro atoms. The molecule has 1 aliphatic heterocycles. The van der Waals surface area contributed by atoms with Gasteiger partial charge in [-0.25, -0.2) is 0 Å². The summed E-state index contributed by atoms with van der Waals surface area (Å²) in [5.74, 6) is -0.884. The fourth-order valence-electron chi connectivity index (χ4n) is 2.49. The summed E-state index contributed by atoms with van der Waals surface area (Å²) in [6.07, 6.45) is 0.531. The predicted molar refractivity (Wildman–Crippen MR) is 72.7 cm³/mol. The number of aryl methyl sites for hydroxylation is 2. The summed E-state index contributed by atoms with van der Waals surface area (Å²) in [6, 6.07) is -0.623. The number of hydrogen-bond acceptors (Lipinski definition) is 4. The van der Waals surface area contributed by atoms with Crippen LogP contribution < -0.4 is 0 Å². The predicted octanol–water partition coefficient (Wildman–Crippen LogP) is 0.765. The quantitative estimate of drug-likeness (QED) is 0.851. The van der Waals surface area contributed by atoms with E-state index in [-0.39, 0.29) is 6.42 Å². The van der Waals surface area contributed by atoms with Crippen molar-refractivity contribution in [1.82, 2.24) is 14.7 Å². The van der Waals surface area contributed by atoms with Gasteiger partial charge in [-0.05, 0) is 22.4 Å². The highest BCUT2D eigenvalue weighted by Gasteiger charge is 2.36. The maximum Gasteiger partial charge on any atom is 0.321 e. The number of aromatic nitrogens is 2. The van der Waals surface area contributed by atoms with Gasteiger partial charge in [0.15, 0.2) is 0 Å². The first-order valence-corrected chi connectivity index (χ1v) is 7.08. The van der Waals surface area contributed by atoms with Crippen LogP contribution in [-0.2, 0) is 24.8 Å². The van der Waals surface area contributed by atoms with E-state index in [1.807, 2.05) is 14.0 Å². The molecule has 2 rings (SSSR count). The number of β-amino-alcohol motifs (C(OH)–C–C–N with tert-alkyl or cyclic N) is 1. The van der Waals surface area contributed by atoms with E-state index in [1.54, 1.807) is 9.58 Å². The third-order valence-electron chi connectivity index (χ3n) is 3.52. The summed E-state index contributed by atoms with van der Waals surface area (Å²) in [7, 11) is 1.85. The summed E-state index contributed by atoms with van der Waals surface area (Å²) >= 11 is 3.52. The number of carboxylic acids is 1. The lowest BCUT2D eigenvalue weighted by atomic mass is 10.2. The molecular formula is C12H18BrN3O3. The molecule has 2 heterocycles. The van der Waals surface area contributed by atoms with E-state index in [0.29, 0.717) is 13.1 Å². The normalized spacial score (nSPS) is 24.0. The van der Waals surface area contributed by atoms with Crippen molar-refractivity contribution in [3.05, 3.63) is 15.9 Å². The minimum Gasteiger partial charge on any atom is -0.480 e. The van der Waals surface area contributed by atoms with Crippen LogP contribution in [0.1, 0.15) is 24.7 Å². The largest absolute Gasteiger partial charge is 0.480 e. The van der Waals surface area contributed by atoms with Gasteiger partial charge in [0.2, 0.25) is 0 Å². The molecule has 2 N–H and O–H groups in total. The Morgan fingerprint density at radius 1 is 1.58 bits per heavy atom. The van der Waals surface area contributed by atoms with Crippen molar-refractivity contribution in [2.75, 3.05) is 6.54 Å². The van der Waals surface area contributed by atoms with Crippen LogP contribution >= 0.6 is 15.9 Å². The Kier molecular flexibility index (Phi) is 4.27. The molecule has 0 aliphatic carbocycles. The van der Waals surface area contributed by atoms with Crippen molar-refractivity contribution in [2.45, 2.75) is 38.5 Å². The van der Waals surface area contributed by atoms with Gasteiger partial charge < -0.3 is 10.2 Å². The molecule has 0 bridgehead atoms. The average Bonchev–Trinajstić information content (AvgIpc) is 2.84. The lowest BCUT2D eigenvalue weighted by Gasteiger charge is -2.20. The molecular weight excluding hydrogens is 314 g/mol. The van der Waals surface area contributed by atoms with Gasteiger partial charge >= 0.3 is 5.97 Å². The summed E-state index contributed by atoms with van der Waals surface area (Å²) < 4.78 is 2.70. The summed E-state index contributed by atoms with van der Waals surface area (Å²) in [5, 5.41) is 23.2. The van der Waals surface area contributed by atoms with Crippen LogP contribution in [-0.4, -0.2) is 49.6 Å². The lowest BCUT2D eigenvalue weighted by molar-refractivity contribution is -0.142. The second kappa shape index (κ2) is 5.60. The Labute approximate surface area is 120 Å². The molecule has 0 radical (unpaired) electrons. The highest BCUT2D eigenvalue weighted by atomic mass is 79.9. The third-order valence-corrected chi connectivity index (χ3v) is 4.44. The van der Waals surface area contributed by atoms with E-state index in [0.717, 1.165) is 22.3 Å². The fraction of sp³-hybridized carbons (Fsp3) is 0.667. The van der Waals surface area contributed by atoms with Crippen LogP contribution in [0.5, 0.6) is 0 Å². The molecule has 19 heavy (non-hydrogen) atoms. The van der Waals surface area contributed by atoms with E-state index in [1.165, 1.54) is 0 Å². The number of rotatable bonds is 4. The molecule has 2 atom stereocenters. The number of carbonyl (C=O) groups is 1. The Hall–Kier alpha value is -0.920. The molecule has 1 aromatic rings. The van der Waals surface area contributed by atoms with Crippen LogP contribution in [0.4, 0.5) is 0 Å². The fourth-order valence-corrected chi connectivity index (χ4v) is 3.24. The third kappa shape index (κ3) is 2.82. The van der Waals surface area contributed by atoms with Crippen LogP contribution in [0.2, 0.25) is 0 Å². The van der Waals surface area contributed by atoms with Gasteiger partial charge in [0.05, 0.1) is 22.0 Å². The number of likely N-dealkylation sites (tertiary alicyclic amines) is 1. The highest BCUT2D eigenvalue weighted by Crippen LogP contribution is 2.26. The molecule has 1 saturated heterocycles. The summed E-state index contributed by atoms with van der Waals surface area (Å²) in [6.45, 7) is 2.88. The van der Waals surface area contributed by atoms with E-state index in [2.05, 4.69) is 21.0 Å². The van der Waals surface area contributed by atoms with Crippen LogP contribution in [0.3, 0.4) is 0 Å². The minimum absolute atomic E-state index is 0.283. The first-order chi connectivity index (χ1) is 8.93. The second-order valence-electron chi connectivity index (χ2n) is 4.86. The molecule has 0 saturated carbocycles. The van der Waals surface area contributed by atoms with E-state index in [9.17, 15) is 15.0 Å². The van der Waals surface area contributed by atoms with Crippen molar-refractivity contribution in [1.29, 1.82) is 0 Å². The number of halogens is 1. The maximum absolute atomic E-state index is 11.2. The van der Waals surface area contributed by atoms with Gasteiger partial charge in [0.1, 0.15) is 6.04 Å². The molecule has 6 nitrogen and oxygen atoms in total. The highest BCUT2D eigenvalue weighted by molar-refractivity contribution is 9.10. The zero-order valence-electron chi connectivity index (χ0n) is 11.0. The minimum atomic E-state index is -0.884. The van der Waals surface area contributed by atoms with Gasteiger partial charge in [-0.1, -0.05) is 6.92 Å². The van der Waals surface area contributed by atoms with Crippen molar-refractivity contribution < 1.29 is 15.0 Å². The standard InChI is InChI=1S/C12H18BrN3O3/c1-3-8-11(13)10(15(2)14-8)6-16-5-7(17)4-9(16)12(18)19/h7,9,17H,3-6H2,1-2H3,(H,18,19). The monoisotopic (exact) mass is 331 g/mol. The van der Waals surface area contributed by atoms with Crippen molar-refractivity contribution in [2.24, 2.45) is 7.05 Å². The van der Waals surface area contributed by atoms with E-state index < -0.39 is 18.1 Å². The van der Waals surface area contributed by atoms with E-state index in [4.69, 9.17) is 0 Å². The van der Waals surface area contributed by atoms with Gasteiger partial charge in [0.25, 0.3) is 0 Å². The summed E-state index contributed by atoms with van der Waals surface area (Å²) in [5.41, 5.74) is 1.90. The first-order valence-electron chi connectivity index (χ1n) is 6.29. The Bertz CT molecular complexity index is 489. The zero-order chi connectivity index (χ0) is 14.2.